The molecule has 3 aromatic rings. The van der Waals surface area contributed by atoms with E-state index in [1.165, 1.54) is 36.2 Å². The zero-order valence-corrected chi connectivity index (χ0v) is 18.9. The minimum atomic E-state index is -0.909. The number of carbonyl (C=O) groups is 2. The molecule has 32 heavy (non-hydrogen) atoms. The first-order valence-electron chi connectivity index (χ1n) is 11.4. The number of carbonyl (C=O) groups excluding carboxylic acids is 1. The van der Waals surface area contributed by atoms with Crippen molar-refractivity contribution in [3.05, 3.63) is 46.8 Å². The lowest BCUT2D eigenvalue weighted by Gasteiger charge is -2.28. The van der Waals surface area contributed by atoms with Crippen LogP contribution in [0.3, 0.4) is 0 Å². The third-order valence-electron chi connectivity index (χ3n) is 6.70. The van der Waals surface area contributed by atoms with E-state index >= 15 is 0 Å². The second kappa shape index (κ2) is 9.08. The number of aromatic nitrogens is 1. The summed E-state index contributed by atoms with van der Waals surface area (Å²) < 4.78 is 8.52. The third-order valence-corrected chi connectivity index (χ3v) is 7.85. The number of fused-ring (bicyclic) bond motifs is 1. The Kier molecular flexibility index (Phi) is 6.02. The molecule has 0 spiro atoms. The summed E-state index contributed by atoms with van der Waals surface area (Å²) in [5, 5.41) is 9.68. The second-order valence-corrected chi connectivity index (χ2v) is 9.72. The van der Waals surface area contributed by atoms with Crippen molar-refractivity contribution < 1.29 is 19.4 Å². The lowest BCUT2D eigenvalue weighted by Crippen LogP contribution is -2.42. The molecule has 0 atom stereocenters. The molecule has 6 nitrogen and oxygen atoms in total. The molecule has 2 aromatic heterocycles. The molecule has 1 saturated carbocycles. The third kappa shape index (κ3) is 3.95. The first kappa shape index (κ1) is 21.2. The Morgan fingerprint density at radius 3 is 2.47 bits per heavy atom. The van der Waals surface area contributed by atoms with Gasteiger partial charge in [0.2, 0.25) is 5.91 Å². The number of aromatic carboxylic acids is 1. The number of hydrogen-bond donors (Lipinski definition) is 1. The standard InChI is InChI=1S/C25H28N2O4S/c28-21(26-11-13-31-14-12-26)16-27-19-15-20(25(29)30)32-24(19)22(17-7-3-1-4-8-17)23(27)18-9-5-2-6-10-18/h2,5-6,9-10,15,17H,1,3-4,7-8,11-14,16H2,(H,29,30). The zero-order valence-electron chi connectivity index (χ0n) is 18.1. The Balaban J connectivity index is 1.68. The summed E-state index contributed by atoms with van der Waals surface area (Å²) in [4.78, 5) is 27.3. The highest BCUT2D eigenvalue weighted by molar-refractivity contribution is 7.21. The second-order valence-electron chi connectivity index (χ2n) is 8.67. The first-order chi connectivity index (χ1) is 15.6. The molecule has 168 valence electrons. The van der Waals surface area contributed by atoms with E-state index in [2.05, 4.69) is 16.7 Å². The van der Waals surface area contributed by atoms with Crippen molar-refractivity contribution in [2.24, 2.45) is 0 Å². The number of morpholine rings is 1. The Labute approximate surface area is 191 Å². The van der Waals surface area contributed by atoms with Crippen LogP contribution in [0.5, 0.6) is 0 Å². The van der Waals surface area contributed by atoms with Crippen molar-refractivity contribution in [3.63, 3.8) is 0 Å². The van der Waals surface area contributed by atoms with Gasteiger partial charge >= 0.3 is 5.97 Å². The molecule has 0 bridgehead atoms. The van der Waals surface area contributed by atoms with Crippen LogP contribution >= 0.6 is 11.3 Å². The van der Waals surface area contributed by atoms with E-state index in [0.717, 1.165) is 34.3 Å². The SMILES string of the molecule is O=C(O)c1cc2c(s1)c(C1CCCCC1)c(-c1ccccc1)n2CC(=O)N1CCOCC1. The molecular weight excluding hydrogens is 424 g/mol. The van der Waals surface area contributed by atoms with Crippen LogP contribution in [0.25, 0.3) is 21.5 Å². The number of hydrogen-bond acceptors (Lipinski definition) is 4. The molecule has 5 rings (SSSR count). The average Bonchev–Trinajstić information content (AvgIpc) is 3.39. The van der Waals surface area contributed by atoms with Crippen molar-refractivity contribution in [2.45, 2.75) is 44.6 Å². The number of carboxylic acids is 1. The molecule has 1 amide bonds. The molecule has 0 unspecified atom stereocenters. The largest absolute Gasteiger partial charge is 0.477 e. The monoisotopic (exact) mass is 452 g/mol. The number of thiophene rings is 1. The van der Waals surface area contributed by atoms with Gasteiger partial charge in [0.15, 0.2) is 0 Å². The van der Waals surface area contributed by atoms with E-state index in [9.17, 15) is 14.7 Å². The fourth-order valence-electron chi connectivity index (χ4n) is 5.14. The summed E-state index contributed by atoms with van der Waals surface area (Å²) in [7, 11) is 0. The number of carboxylic acid groups (broad SMARTS) is 1. The summed E-state index contributed by atoms with van der Waals surface area (Å²) in [5.74, 6) is -0.463. The Hall–Kier alpha value is -2.64. The van der Waals surface area contributed by atoms with Crippen molar-refractivity contribution in [1.29, 1.82) is 0 Å². The molecule has 1 saturated heterocycles. The minimum absolute atomic E-state index is 0.0562. The van der Waals surface area contributed by atoms with Crippen molar-refractivity contribution in [1.82, 2.24) is 9.47 Å². The van der Waals surface area contributed by atoms with Gasteiger partial charge in [-0.2, -0.15) is 0 Å². The maximum atomic E-state index is 13.3. The van der Waals surface area contributed by atoms with Gasteiger partial charge in [-0.25, -0.2) is 4.79 Å². The fourth-order valence-corrected chi connectivity index (χ4v) is 6.27. The van der Waals surface area contributed by atoms with E-state index in [1.54, 1.807) is 6.07 Å². The summed E-state index contributed by atoms with van der Waals surface area (Å²) >= 11 is 1.35. The highest BCUT2D eigenvalue weighted by Crippen LogP contribution is 2.46. The molecule has 1 aliphatic heterocycles. The zero-order chi connectivity index (χ0) is 22.1. The molecule has 7 heteroatoms. The molecule has 3 heterocycles. The van der Waals surface area contributed by atoms with Gasteiger partial charge in [0, 0.05) is 13.1 Å². The Morgan fingerprint density at radius 2 is 1.78 bits per heavy atom. The van der Waals surface area contributed by atoms with Crippen LogP contribution in [0.4, 0.5) is 0 Å². The molecule has 2 fully saturated rings. The van der Waals surface area contributed by atoms with Crippen LogP contribution in [0.1, 0.15) is 53.3 Å². The van der Waals surface area contributed by atoms with Crippen LogP contribution in [0, 0.1) is 0 Å². The Morgan fingerprint density at radius 1 is 1.06 bits per heavy atom. The van der Waals surface area contributed by atoms with Gasteiger partial charge in [0.1, 0.15) is 11.4 Å². The predicted octanol–water partition coefficient (Wildman–Crippen LogP) is 4.97. The summed E-state index contributed by atoms with van der Waals surface area (Å²) in [6.45, 7) is 2.54. The predicted molar refractivity (Wildman–Crippen MR) is 125 cm³/mol. The average molecular weight is 453 g/mol. The normalized spacial score (nSPS) is 17.7. The maximum Gasteiger partial charge on any atom is 0.345 e. The van der Waals surface area contributed by atoms with Gasteiger partial charge in [0.05, 0.1) is 29.1 Å². The van der Waals surface area contributed by atoms with E-state index in [1.807, 2.05) is 23.1 Å². The highest BCUT2D eigenvalue weighted by atomic mass is 32.1. The smallest absolute Gasteiger partial charge is 0.345 e. The molecule has 1 aromatic carbocycles. The van der Waals surface area contributed by atoms with E-state index in [4.69, 9.17) is 4.74 Å². The number of ether oxygens (including phenoxy) is 1. The van der Waals surface area contributed by atoms with Crippen LogP contribution in [-0.2, 0) is 16.1 Å². The maximum absolute atomic E-state index is 13.3. The van der Waals surface area contributed by atoms with Crippen LogP contribution < -0.4 is 0 Å². The molecule has 2 aliphatic rings. The lowest BCUT2D eigenvalue weighted by atomic mass is 9.83. The summed E-state index contributed by atoms with van der Waals surface area (Å²) in [6.07, 6.45) is 5.85. The van der Waals surface area contributed by atoms with Gasteiger partial charge in [-0.05, 0) is 36.0 Å². The van der Waals surface area contributed by atoms with Gasteiger partial charge < -0.3 is 19.3 Å². The lowest BCUT2D eigenvalue weighted by molar-refractivity contribution is -0.135. The quantitative estimate of drug-likeness (QED) is 0.593. The number of nitrogens with zero attached hydrogens (tertiary/aromatic N) is 2. The van der Waals surface area contributed by atoms with Gasteiger partial charge in [-0.1, -0.05) is 49.6 Å². The molecule has 1 N–H and O–H groups in total. The minimum Gasteiger partial charge on any atom is -0.477 e. The highest BCUT2D eigenvalue weighted by Gasteiger charge is 2.30. The molecule has 0 radical (unpaired) electrons. The van der Waals surface area contributed by atoms with Crippen molar-refractivity contribution in [3.8, 4) is 11.3 Å². The van der Waals surface area contributed by atoms with E-state index < -0.39 is 5.97 Å². The summed E-state index contributed by atoms with van der Waals surface area (Å²) in [5.41, 5.74) is 4.27. The van der Waals surface area contributed by atoms with Crippen LogP contribution in [0.2, 0.25) is 0 Å². The van der Waals surface area contributed by atoms with Crippen LogP contribution in [0.15, 0.2) is 36.4 Å². The van der Waals surface area contributed by atoms with Crippen molar-refractivity contribution >= 4 is 33.4 Å². The van der Waals surface area contributed by atoms with Gasteiger partial charge in [-0.3, -0.25) is 4.79 Å². The van der Waals surface area contributed by atoms with E-state index in [-0.39, 0.29) is 12.5 Å². The number of rotatable bonds is 5. The van der Waals surface area contributed by atoms with Gasteiger partial charge in [0.25, 0.3) is 0 Å². The van der Waals surface area contributed by atoms with E-state index in [0.29, 0.717) is 37.1 Å². The van der Waals surface area contributed by atoms with Crippen molar-refractivity contribution in [2.75, 3.05) is 26.3 Å². The van der Waals surface area contributed by atoms with Crippen LogP contribution in [-0.4, -0.2) is 52.8 Å². The number of benzene rings is 1. The van der Waals surface area contributed by atoms with Gasteiger partial charge in [-0.15, -0.1) is 11.3 Å². The number of amides is 1. The first-order valence-corrected chi connectivity index (χ1v) is 12.3. The Bertz CT molecular complexity index is 1120. The molecule has 1 aliphatic carbocycles. The summed E-state index contributed by atoms with van der Waals surface area (Å²) in [6, 6.07) is 12.0. The fraction of sp³-hybridized carbons (Fsp3) is 0.440. The molecular formula is C25H28N2O4S. The topological polar surface area (TPSA) is 71.8 Å².